The molecule has 9 heteroatoms. The first-order chi connectivity index (χ1) is 11.3. The van der Waals surface area contributed by atoms with Gasteiger partial charge in [-0.3, -0.25) is 0 Å². The Hall–Kier alpha value is -2.09. The van der Waals surface area contributed by atoms with E-state index in [-0.39, 0.29) is 22.7 Å². The number of anilines is 1. The van der Waals surface area contributed by atoms with Gasteiger partial charge < -0.3 is 20.4 Å². The molecule has 3 N–H and O–H groups in total. The van der Waals surface area contributed by atoms with Gasteiger partial charge in [0.2, 0.25) is 5.28 Å². The SMILES string of the molecule is CCC(C)(C)NC(=O)OCCCCn1cnc2c(N)nc(Cl)nc21. The number of hydrogen-bond donors (Lipinski definition) is 2. The van der Waals surface area contributed by atoms with Gasteiger partial charge in [-0.25, -0.2) is 9.78 Å². The number of hydrogen-bond acceptors (Lipinski definition) is 6. The molecule has 2 rings (SSSR count). The number of nitrogens with two attached hydrogens (primary N) is 1. The standard InChI is InChI=1S/C15H23ClN6O2/c1-4-15(2,3)21-14(23)24-8-6-5-7-22-9-18-10-11(17)19-13(16)20-12(10)22/h9H,4-8H2,1-3H3,(H,21,23)(H2,17,19,20). The number of amides is 1. The zero-order valence-electron chi connectivity index (χ0n) is 14.2. The number of imidazole rings is 1. The highest BCUT2D eigenvalue weighted by Crippen LogP contribution is 2.18. The van der Waals surface area contributed by atoms with Gasteiger partial charge in [0.1, 0.15) is 5.52 Å². The Kier molecular flexibility index (Phi) is 5.82. The van der Waals surface area contributed by atoms with Crippen molar-refractivity contribution in [1.82, 2.24) is 24.8 Å². The summed E-state index contributed by atoms with van der Waals surface area (Å²) in [6, 6.07) is 0. The second-order valence-electron chi connectivity index (χ2n) is 6.19. The molecule has 1 amide bonds. The minimum absolute atomic E-state index is 0.0975. The average molecular weight is 355 g/mol. The number of fused-ring (bicyclic) bond motifs is 1. The smallest absolute Gasteiger partial charge is 0.407 e. The average Bonchev–Trinajstić information content (AvgIpc) is 2.90. The van der Waals surface area contributed by atoms with Crippen LogP contribution < -0.4 is 11.1 Å². The molecule has 0 aliphatic rings. The van der Waals surface area contributed by atoms with E-state index < -0.39 is 0 Å². The molecule has 0 aliphatic carbocycles. The highest BCUT2D eigenvalue weighted by atomic mass is 35.5. The van der Waals surface area contributed by atoms with Crippen LogP contribution in [0.25, 0.3) is 11.2 Å². The number of rotatable bonds is 7. The van der Waals surface area contributed by atoms with Crippen LogP contribution in [0.15, 0.2) is 6.33 Å². The van der Waals surface area contributed by atoms with Crippen molar-refractivity contribution in [3.63, 3.8) is 0 Å². The number of nitrogen functional groups attached to an aromatic ring is 1. The van der Waals surface area contributed by atoms with E-state index >= 15 is 0 Å². The van der Waals surface area contributed by atoms with E-state index in [1.54, 1.807) is 6.33 Å². The van der Waals surface area contributed by atoms with Gasteiger partial charge in [-0.15, -0.1) is 0 Å². The van der Waals surface area contributed by atoms with Crippen LogP contribution in [0.3, 0.4) is 0 Å². The number of nitrogens with one attached hydrogen (secondary N) is 1. The first-order valence-electron chi connectivity index (χ1n) is 7.91. The first kappa shape index (κ1) is 18.3. The number of ether oxygens (including phenoxy) is 1. The largest absolute Gasteiger partial charge is 0.450 e. The highest BCUT2D eigenvalue weighted by Gasteiger charge is 2.18. The van der Waals surface area contributed by atoms with Gasteiger partial charge in [-0.2, -0.15) is 9.97 Å². The summed E-state index contributed by atoms with van der Waals surface area (Å²) in [5.74, 6) is 0.266. The van der Waals surface area contributed by atoms with Crippen LogP contribution in [0, 0.1) is 0 Å². The fourth-order valence-electron chi connectivity index (χ4n) is 2.05. The van der Waals surface area contributed by atoms with Gasteiger partial charge in [0, 0.05) is 12.1 Å². The molecule has 0 aliphatic heterocycles. The number of aromatic nitrogens is 4. The summed E-state index contributed by atoms with van der Waals surface area (Å²) in [7, 11) is 0. The molecule has 2 aromatic heterocycles. The zero-order chi connectivity index (χ0) is 17.7. The van der Waals surface area contributed by atoms with Crippen LogP contribution >= 0.6 is 11.6 Å². The molecule has 8 nitrogen and oxygen atoms in total. The molecule has 0 saturated carbocycles. The quantitative estimate of drug-likeness (QED) is 0.584. The van der Waals surface area contributed by atoms with Crippen molar-refractivity contribution in [2.75, 3.05) is 12.3 Å². The van der Waals surface area contributed by atoms with Crippen molar-refractivity contribution in [1.29, 1.82) is 0 Å². The van der Waals surface area contributed by atoms with Crippen LogP contribution in [0.4, 0.5) is 10.6 Å². The molecule has 0 saturated heterocycles. The van der Waals surface area contributed by atoms with E-state index in [4.69, 9.17) is 22.1 Å². The minimum atomic E-state index is -0.387. The summed E-state index contributed by atoms with van der Waals surface area (Å²) in [5, 5.41) is 2.92. The fourth-order valence-corrected chi connectivity index (χ4v) is 2.22. The van der Waals surface area contributed by atoms with Gasteiger partial charge in [-0.05, 0) is 44.7 Å². The zero-order valence-corrected chi connectivity index (χ0v) is 14.9. The number of aryl methyl sites for hydroxylation is 1. The summed E-state index contributed by atoms with van der Waals surface area (Å²) >= 11 is 5.83. The molecule has 0 spiro atoms. The van der Waals surface area contributed by atoms with Crippen LogP contribution in [0.2, 0.25) is 5.28 Å². The molecular formula is C15H23ClN6O2. The molecule has 2 aromatic rings. The Balaban J connectivity index is 1.78. The van der Waals surface area contributed by atoms with Crippen LogP contribution in [0.5, 0.6) is 0 Å². The second kappa shape index (κ2) is 7.65. The van der Waals surface area contributed by atoms with Crippen molar-refractivity contribution in [3.8, 4) is 0 Å². The lowest BCUT2D eigenvalue weighted by molar-refractivity contribution is 0.133. The highest BCUT2D eigenvalue weighted by molar-refractivity contribution is 6.28. The molecule has 2 heterocycles. The molecule has 0 bridgehead atoms. The minimum Gasteiger partial charge on any atom is -0.450 e. The van der Waals surface area contributed by atoms with Crippen molar-refractivity contribution >= 4 is 34.7 Å². The normalized spacial score (nSPS) is 11.7. The topological polar surface area (TPSA) is 108 Å². The van der Waals surface area contributed by atoms with E-state index in [2.05, 4.69) is 20.3 Å². The lowest BCUT2D eigenvalue weighted by atomic mass is 10.0. The lowest BCUT2D eigenvalue weighted by Crippen LogP contribution is -2.43. The summed E-state index contributed by atoms with van der Waals surface area (Å²) in [4.78, 5) is 23.9. The molecule has 24 heavy (non-hydrogen) atoms. The molecule has 0 fully saturated rings. The Bertz CT molecular complexity index is 715. The Morgan fingerprint density at radius 1 is 1.42 bits per heavy atom. The monoisotopic (exact) mass is 354 g/mol. The van der Waals surface area contributed by atoms with Crippen molar-refractivity contribution in [2.24, 2.45) is 0 Å². The Morgan fingerprint density at radius 3 is 2.88 bits per heavy atom. The summed E-state index contributed by atoms with van der Waals surface area (Å²) in [6.07, 6.45) is 3.64. The van der Waals surface area contributed by atoms with Crippen molar-refractivity contribution in [2.45, 2.75) is 52.1 Å². The third kappa shape index (κ3) is 4.70. The number of carbonyl (C=O) groups excluding carboxylic acids is 1. The number of halogens is 1. The van der Waals surface area contributed by atoms with Crippen LogP contribution in [-0.4, -0.2) is 37.8 Å². The van der Waals surface area contributed by atoms with Crippen molar-refractivity contribution in [3.05, 3.63) is 11.6 Å². The Labute approximate surface area is 145 Å². The van der Waals surface area contributed by atoms with Gasteiger partial charge in [0.05, 0.1) is 12.9 Å². The lowest BCUT2D eigenvalue weighted by Gasteiger charge is -2.23. The maximum atomic E-state index is 11.7. The maximum absolute atomic E-state index is 11.7. The molecule has 0 radical (unpaired) electrons. The maximum Gasteiger partial charge on any atom is 0.407 e. The van der Waals surface area contributed by atoms with Crippen LogP contribution in [0.1, 0.15) is 40.0 Å². The fraction of sp³-hybridized carbons (Fsp3) is 0.600. The van der Waals surface area contributed by atoms with Gasteiger partial charge in [0.25, 0.3) is 0 Å². The predicted molar refractivity (Wildman–Crippen MR) is 92.8 cm³/mol. The number of nitrogens with zero attached hydrogens (tertiary/aromatic N) is 4. The molecular weight excluding hydrogens is 332 g/mol. The van der Waals surface area contributed by atoms with Crippen molar-refractivity contribution < 1.29 is 9.53 Å². The molecule has 132 valence electrons. The Morgan fingerprint density at radius 2 is 2.17 bits per heavy atom. The number of alkyl carbamates (subject to hydrolysis) is 1. The number of carbonyl (C=O) groups is 1. The molecule has 0 unspecified atom stereocenters. The summed E-state index contributed by atoms with van der Waals surface area (Å²) in [5.41, 5.74) is 6.65. The second-order valence-corrected chi connectivity index (χ2v) is 6.53. The van der Waals surface area contributed by atoms with E-state index in [9.17, 15) is 4.79 Å². The van der Waals surface area contributed by atoms with Gasteiger partial charge >= 0.3 is 6.09 Å². The third-order valence-electron chi connectivity index (χ3n) is 3.81. The van der Waals surface area contributed by atoms with Gasteiger partial charge in [-0.1, -0.05) is 6.92 Å². The molecule has 0 aromatic carbocycles. The third-order valence-corrected chi connectivity index (χ3v) is 3.98. The van der Waals surface area contributed by atoms with E-state index in [1.165, 1.54) is 0 Å². The van der Waals surface area contributed by atoms with E-state index in [0.29, 0.717) is 24.3 Å². The van der Waals surface area contributed by atoms with E-state index in [0.717, 1.165) is 19.3 Å². The first-order valence-corrected chi connectivity index (χ1v) is 8.29. The van der Waals surface area contributed by atoms with E-state index in [1.807, 2.05) is 25.3 Å². The predicted octanol–water partition coefficient (Wildman–Crippen LogP) is 2.76. The van der Waals surface area contributed by atoms with Gasteiger partial charge in [0.15, 0.2) is 11.5 Å². The summed E-state index contributed by atoms with van der Waals surface area (Å²) < 4.78 is 7.04. The summed E-state index contributed by atoms with van der Waals surface area (Å²) in [6.45, 7) is 6.96. The molecule has 0 atom stereocenters. The number of unbranched alkanes of at least 4 members (excludes halogenated alkanes) is 1. The van der Waals surface area contributed by atoms with Crippen LogP contribution in [-0.2, 0) is 11.3 Å².